The smallest absolute Gasteiger partial charge is 0.0725 e. The van der Waals surface area contributed by atoms with E-state index in [2.05, 4.69) is 339 Å². The van der Waals surface area contributed by atoms with Crippen molar-refractivity contribution in [2.45, 2.75) is 31.2 Å². The predicted molar refractivity (Wildman–Crippen MR) is 377 cm³/mol. The zero-order valence-corrected chi connectivity index (χ0v) is 49.6. The number of rotatable bonds is 8. The number of fused-ring (bicyclic) bond motifs is 18. The zero-order valence-electron chi connectivity index (χ0n) is 49.6. The summed E-state index contributed by atoms with van der Waals surface area (Å²) in [6.45, 7) is 4.30. The fourth-order valence-electron chi connectivity index (χ4n) is 15.5. The molecule has 18 rings (SSSR count). The molecule has 89 heavy (non-hydrogen) atoms. The molecule has 0 fully saturated rings. The first-order valence-corrected chi connectivity index (χ1v) is 31.3. The van der Waals surface area contributed by atoms with E-state index in [-0.39, 0.29) is 6.04 Å². The van der Waals surface area contributed by atoms with Crippen LogP contribution in [-0.2, 0) is 5.41 Å². The number of aryl methyl sites for hydroxylation is 2. The average Bonchev–Trinajstić information content (AvgIpc) is 1.52. The van der Waals surface area contributed by atoms with Crippen LogP contribution in [0.15, 0.2) is 291 Å². The SMILES string of the molecule is Cc1ccc(N2c3ccc(-c4ccc5cc(/C=C/c6ccc7c(c6)C6(c8ccccc8-c8ccccc86)c6cc(/C=C/c8ccc9cc(-c%10ccc%11c(c%10)c%10ccccc%10n%11-c%10ccc(C)cc%10)ccc9c8)ccc6-7)ccc5c4)cc3C3C=CC=CC32)cc1. The molecule has 2 nitrogen and oxygen atoms in total. The molecule has 1 aliphatic heterocycles. The lowest BCUT2D eigenvalue weighted by Crippen LogP contribution is -2.28. The highest BCUT2D eigenvalue weighted by Gasteiger charge is 2.51. The van der Waals surface area contributed by atoms with Crippen molar-refractivity contribution in [3.05, 3.63) is 352 Å². The highest BCUT2D eigenvalue weighted by atomic mass is 15.2. The first-order valence-electron chi connectivity index (χ1n) is 31.3. The monoisotopic (exact) mass is 1130 g/mol. The Balaban J connectivity index is 0.640. The lowest BCUT2D eigenvalue weighted by molar-refractivity contribution is 0.745. The Bertz CT molecular complexity index is 5360. The van der Waals surface area contributed by atoms with Crippen molar-refractivity contribution in [3.8, 4) is 50.2 Å². The van der Waals surface area contributed by atoms with E-state index >= 15 is 0 Å². The molecule has 0 N–H and O–H groups in total. The lowest BCUT2D eigenvalue weighted by Gasteiger charge is -2.30. The van der Waals surface area contributed by atoms with E-state index in [0.29, 0.717) is 5.92 Å². The third kappa shape index (κ3) is 8.10. The second-order valence-corrected chi connectivity index (χ2v) is 24.9. The summed E-state index contributed by atoms with van der Waals surface area (Å²) in [5, 5.41) is 7.44. The van der Waals surface area contributed by atoms with Crippen LogP contribution in [0.2, 0.25) is 0 Å². The third-order valence-corrected chi connectivity index (χ3v) is 19.8. The average molecular weight is 1130 g/mol. The Kier molecular flexibility index (Phi) is 11.5. The molecule has 13 aromatic carbocycles. The van der Waals surface area contributed by atoms with Gasteiger partial charge in [0.2, 0.25) is 0 Å². The van der Waals surface area contributed by atoms with Crippen LogP contribution in [-0.4, -0.2) is 10.6 Å². The van der Waals surface area contributed by atoms with Crippen molar-refractivity contribution in [3.63, 3.8) is 0 Å². The van der Waals surface area contributed by atoms with E-state index in [0.717, 1.165) is 0 Å². The van der Waals surface area contributed by atoms with Gasteiger partial charge in [-0.2, -0.15) is 0 Å². The molecule has 2 heteroatoms. The van der Waals surface area contributed by atoms with Gasteiger partial charge in [-0.15, -0.1) is 0 Å². The van der Waals surface area contributed by atoms with E-state index in [1.165, 1.54) is 166 Å². The Hall–Kier alpha value is -11.1. The van der Waals surface area contributed by atoms with Gasteiger partial charge in [0.1, 0.15) is 0 Å². The number of hydrogen-bond acceptors (Lipinski definition) is 1. The molecule has 1 spiro atoms. The first kappa shape index (κ1) is 51.2. The van der Waals surface area contributed by atoms with Gasteiger partial charge in [0.15, 0.2) is 0 Å². The third-order valence-electron chi connectivity index (χ3n) is 19.8. The molecule has 0 bridgehead atoms. The van der Waals surface area contributed by atoms with Gasteiger partial charge in [0.05, 0.1) is 22.5 Å². The maximum atomic E-state index is 2.51. The number of allylic oxidation sites excluding steroid dienone is 2. The van der Waals surface area contributed by atoms with E-state index in [4.69, 9.17) is 0 Å². The summed E-state index contributed by atoms with van der Waals surface area (Å²) in [6.07, 6.45) is 18.3. The molecule has 0 radical (unpaired) electrons. The molecule has 0 amide bonds. The van der Waals surface area contributed by atoms with E-state index in [1.54, 1.807) is 0 Å². The van der Waals surface area contributed by atoms with E-state index in [9.17, 15) is 0 Å². The highest BCUT2D eigenvalue weighted by molar-refractivity contribution is 6.11. The second kappa shape index (κ2) is 20.0. The van der Waals surface area contributed by atoms with Crippen LogP contribution >= 0.6 is 0 Å². The summed E-state index contributed by atoms with van der Waals surface area (Å²) >= 11 is 0. The number of hydrogen-bond donors (Lipinski definition) is 0. The van der Waals surface area contributed by atoms with E-state index < -0.39 is 5.41 Å². The topological polar surface area (TPSA) is 8.17 Å². The Morgan fingerprint density at radius 1 is 0.337 bits per heavy atom. The minimum atomic E-state index is -0.471. The molecule has 418 valence electrons. The number of aromatic nitrogens is 1. The lowest BCUT2D eigenvalue weighted by atomic mass is 9.70. The van der Waals surface area contributed by atoms with Crippen LogP contribution in [0, 0.1) is 13.8 Å². The predicted octanol–water partition coefficient (Wildman–Crippen LogP) is 22.5. The van der Waals surface area contributed by atoms with Crippen LogP contribution in [0.5, 0.6) is 0 Å². The number of para-hydroxylation sites is 1. The van der Waals surface area contributed by atoms with Gasteiger partial charge in [-0.1, -0.05) is 236 Å². The Morgan fingerprint density at radius 2 is 0.798 bits per heavy atom. The summed E-state index contributed by atoms with van der Waals surface area (Å²) in [4.78, 5) is 2.51. The van der Waals surface area contributed by atoms with Crippen LogP contribution in [0.4, 0.5) is 11.4 Å². The largest absolute Gasteiger partial charge is 0.333 e. The molecule has 0 saturated carbocycles. The second-order valence-electron chi connectivity index (χ2n) is 24.9. The summed E-state index contributed by atoms with van der Waals surface area (Å²) in [5.41, 5.74) is 29.8. The molecular weight excluding hydrogens is 1070 g/mol. The zero-order chi connectivity index (χ0) is 58.9. The van der Waals surface area contributed by atoms with Crippen LogP contribution in [0.3, 0.4) is 0 Å². The minimum absolute atomic E-state index is 0.268. The molecule has 2 heterocycles. The summed E-state index contributed by atoms with van der Waals surface area (Å²) in [5.74, 6) is 0.309. The molecule has 2 atom stereocenters. The summed E-state index contributed by atoms with van der Waals surface area (Å²) in [7, 11) is 0. The standard InChI is InChI=1S/C87H60N2/c1-55-19-39-69(40-20-55)88-83-17-9-5-13-75(83)77-53-67(37-45-85(77)88)65-35-33-61-47-57(27-31-63(61)51-65)23-25-59-29-43-73-74-44-30-60(50-82(74)87(81(73)49-59)79-15-7-3-11-71(79)72-12-4-8-16-80(72)87)26-24-58-28-32-64-52-66(36-34-62(64)48-58)68-38-46-86-78(54-68)76-14-6-10-18-84(76)89(86)70-41-21-56(2)22-42-70/h3-54,75,83H,1-2H3/b25-23+,26-24+. The van der Waals surface area contributed by atoms with E-state index in [1.807, 2.05) is 0 Å². The molecule has 2 unspecified atom stereocenters. The van der Waals surface area contributed by atoms with Gasteiger partial charge in [0.25, 0.3) is 0 Å². The number of benzene rings is 13. The molecule has 1 aromatic heterocycles. The Labute approximate surface area is 519 Å². The fraction of sp³-hybridized carbons (Fsp3) is 0.0575. The number of nitrogens with zero attached hydrogens (tertiary/aromatic N) is 2. The molecule has 4 aliphatic rings. The summed E-state index contributed by atoms with van der Waals surface area (Å²) in [6, 6.07) is 101. The molecular formula is C87H60N2. The maximum absolute atomic E-state index is 2.51. The van der Waals surface area contributed by atoms with Gasteiger partial charge < -0.3 is 9.47 Å². The van der Waals surface area contributed by atoms with Crippen molar-refractivity contribution in [2.24, 2.45) is 0 Å². The van der Waals surface area contributed by atoms with Crippen molar-refractivity contribution in [1.29, 1.82) is 0 Å². The fourth-order valence-corrected chi connectivity index (χ4v) is 15.5. The first-order chi connectivity index (χ1) is 43.9. The van der Waals surface area contributed by atoms with Crippen molar-refractivity contribution in [2.75, 3.05) is 4.90 Å². The van der Waals surface area contributed by atoms with Crippen molar-refractivity contribution >= 4 is 79.0 Å². The quantitative estimate of drug-likeness (QED) is 0.138. The van der Waals surface area contributed by atoms with Gasteiger partial charge in [-0.3, -0.25) is 0 Å². The van der Waals surface area contributed by atoms with Gasteiger partial charge in [0, 0.05) is 33.8 Å². The van der Waals surface area contributed by atoms with Crippen LogP contribution < -0.4 is 4.90 Å². The molecule has 14 aromatic rings. The van der Waals surface area contributed by atoms with Gasteiger partial charge in [-0.25, -0.2) is 0 Å². The molecule has 3 aliphatic carbocycles. The highest BCUT2D eigenvalue weighted by Crippen LogP contribution is 2.63. The summed E-state index contributed by atoms with van der Waals surface area (Å²) < 4.78 is 2.39. The van der Waals surface area contributed by atoms with Gasteiger partial charge in [-0.05, 0) is 221 Å². The maximum Gasteiger partial charge on any atom is 0.0725 e. The number of anilines is 2. The molecule has 0 saturated heterocycles. The Morgan fingerprint density at radius 3 is 1.43 bits per heavy atom. The van der Waals surface area contributed by atoms with Crippen molar-refractivity contribution < 1.29 is 0 Å². The van der Waals surface area contributed by atoms with Crippen LogP contribution in [0.25, 0.3) is 118 Å². The minimum Gasteiger partial charge on any atom is -0.333 e. The van der Waals surface area contributed by atoms with Gasteiger partial charge >= 0.3 is 0 Å². The van der Waals surface area contributed by atoms with Crippen molar-refractivity contribution in [1.82, 2.24) is 4.57 Å². The normalized spacial score (nSPS) is 15.6. The van der Waals surface area contributed by atoms with Crippen LogP contribution in [0.1, 0.15) is 67.1 Å².